The van der Waals surface area contributed by atoms with Crippen LogP contribution in [0.4, 0.5) is 11.4 Å². The highest BCUT2D eigenvalue weighted by atomic mass is 16.5. The van der Waals surface area contributed by atoms with E-state index in [2.05, 4.69) is 19.2 Å². The van der Waals surface area contributed by atoms with E-state index in [0.717, 1.165) is 12.1 Å². The molecular weight excluding hydrogens is 408 g/mol. The Balaban J connectivity index is 1.87. The molecule has 32 heavy (non-hydrogen) atoms. The highest BCUT2D eigenvalue weighted by Gasteiger charge is 2.37. The Hall–Kier alpha value is -3.22. The molecule has 7 nitrogen and oxygen atoms in total. The summed E-state index contributed by atoms with van der Waals surface area (Å²) in [6.07, 6.45) is 0.888. The standard InChI is InChI=1S/C25H32N2O5/c1-16(2)11-12-27-19-9-8-18(14-21(19)32-15-25(3,4)24(27)29)26-23(28)17-7-10-20(30-5)22(13-17)31-6/h7-10,13-14,16H,11-12,15H2,1-6H3,(H,26,28). The number of fused-ring (bicyclic) bond motifs is 1. The zero-order valence-corrected chi connectivity index (χ0v) is 19.7. The van der Waals surface area contributed by atoms with E-state index < -0.39 is 5.41 Å². The fourth-order valence-corrected chi connectivity index (χ4v) is 3.52. The Bertz CT molecular complexity index is 1000. The number of ether oxygens (including phenoxy) is 3. The van der Waals surface area contributed by atoms with E-state index in [-0.39, 0.29) is 18.4 Å². The van der Waals surface area contributed by atoms with Gasteiger partial charge in [0.25, 0.3) is 5.91 Å². The van der Waals surface area contributed by atoms with Crippen LogP contribution in [-0.2, 0) is 4.79 Å². The first-order valence-electron chi connectivity index (χ1n) is 10.8. The number of hydrogen-bond donors (Lipinski definition) is 1. The molecule has 2 amide bonds. The Kier molecular flexibility index (Phi) is 6.96. The van der Waals surface area contributed by atoms with Crippen molar-refractivity contribution < 1.29 is 23.8 Å². The maximum absolute atomic E-state index is 13.2. The molecule has 3 rings (SSSR count). The van der Waals surface area contributed by atoms with Crippen molar-refractivity contribution in [2.75, 3.05) is 37.6 Å². The van der Waals surface area contributed by atoms with Crippen LogP contribution in [0.25, 0.3) is 0 Å². The molecule has 1 heterocycles. The van der Waals surface area contributed by atoms with Gasteiger partial charge >= 0.3 is 0 Å². The molecule has 2 aromatic carbocycles. The van der Waals surface area contributed by atoms with Gasteiger partial charge < -0.3 is 24.4 Å². The molecule has 0 atom stereocenters. The number of nitrogens with zero attached hydrogens (tertiary/aromatic N) is 1. The van der Waals surface area contributed by atoms with Gasteiger partial charge in [0.15, 0.2) is 11.5 Å². The van der Waals surface area contributed by atoms with Gasteiger partial charge in [0, 0.05) is 23.9 Å². The fourth-order valence-electron chi connectivity index (χ4n) is 3.52. The monoisotopic (exact) mass is 440 g/mol. The lowest BCUT2D eigenvalue weighted by atomic mass is 9.92. The summed E-state index contributed by atoms with van der Waals surface area (Å²) in [5.41, 5.74) is 1.11. The first kappa shape index (κ1) is 23.4. The third-order valence-corrected chi connectivity index (χ3v) is 5.50. The van der Waals surface area contributed by atoms with Crippen LogP contribution in [0.1, 0.15) is 44.5 Å². The molecule has 7 heteroatoms. The number of methoxy groups -OCH3 is 2. The van der Waals surface area contributed by atoms with E-state index >= 15 is 0 Å². The van der Waals surface area contributed by atoms with Crippen LogP contribution in [0, 0.1) is 11.3 Å². The number of rotatable bonds is 7. The van der Waals surface area contributed by atoms with Gasteiger partial charge in [0.1, 0.15) is 12.4 Å². The van der Waals surface area contributed by atoms with E-state index in [9.17, 15) is 9.59 Å². The Labute approximate surface area is 189 Å². The number of benzene rings is 2. The van der Waals surface area contributed by atoms with E-state index in [1.165, 1.54) is 7.11 Å². The van der Waals surface area contributed by atoms with Gasteiger partial charge in [0.05, 0.1) is 25.3 Å². The van der Waals surface area contributed by atoms with E-state index in [1.807, 2.05) is 24.8 Å². The lowest BCUT2D eigenvalue weighted by molar-refractivity contribution is -0.127. The zero-order chi connectivity index (χ0) is 23.5. The van der Waals surface area contributed by atoms with Gasteiger partial charge in [-0.1, -0.05) is 13.8 Å². The summed E-state index contributed by atoms with van der Waals surface area (Å²) in [7, 11) is 3.07. The van der Waals surface area contributed by atoms with Crippen molar-refractivity contribution in [3.63, 3.8) is 0 Å². The SMILES string of the molecule is COc1ccc(C(=O)Nc2ccc3c(c2)OCC(C)(C)C(=O)N3CCC(C)C)cc1OC. The maximum atomic E-state index is 13.2. The number of anilines is 2. The van der Waals surface area contributed by atoms with Crippen LogP contribution in [0.5, 0.6) is 17.2 Å². The Morgan fingerprint density at radius 3 is 2.50 bits per heavy atom. The molecule has 0 aliphatic carbocycles. The number of amides is 2. The Morgan fingerprint density at radius 2 is 1.84 bits per heavy atom. The molecule has 2 aromatic rings. The van der Waals surface area contributed by atoms with Crippen molar-refractivity contribution in [3.05, 3.63) is 42.0 Å². The van der Waals surface area contributed by atoms with Crippen LogP contribution >= 0.6 is 0 Å². The van der Waals surface area contributed by atoms with E-state index in [4.69, 9.17) is 14.2 Å². The molecule has 1 N–H and O–H groups in total. The lowest BCUT2D eigenvalue weighted by Gasteiger charge is -2.28. The predicted molar refractivity (Wildman–Crippen MR) is 125 cm³/mol. The molecule has 0 fully saturated rings. The highest BCUT2D eigenvalue weighted by molar-refractivity contribution is 6.05. The average molecular weight is 441 g/mol. The fraction of sp³-hybridized carbons (Fsp3) is 0.440. The van der Waals surface area contributed by atoms with Gasteiger partial charge in [-0.2, -0.15) is 0 Å². The van der Waals surface area contributed by atoms with Crippen molar-refractivity contribution >= 4 is 23.2 Å². The van der Waals surface area contributed by atoms with Gasteiger partial charge in [-0.3, -0.25) is 9.59 Å². The van der Waals surface area contributed by atoms with E-state index in [0.29, 0.717) is 41.0 Å². The molecule has 0 spiro atoms. The molecule has 0 bridgehead atoms. The summed E-state index contributed by atoms with van der Waals surface area (Å²) in [6.45, 7) is 8.94. The Morgan fingerprint density at radius 1 is 1.12 bits per heavy atom. The lowest BCUT2D eigenvalue weighted by Crippen LogP contribution is -2.42. The number of hydrogen-bond acceptors (Lipinski definition) is 5. The largest absolute Gasteiger partial charge is 0.493 e. The first-order chi connectivity index (χ1) is 15.2. The average Bonchev–Trinajstić information content (AvgIpc) is 2.86. The summed E-state index contributed by atoms with van der Waals surface area (Å²) in [6, 6.07) is 10.4. The molecule has 1 aliphatic heterocycles. The van der Waals surface area contributed by atoms with Gasteiger partial charge in [-0.05, 0) is 56.5 Å². The van der Waals surface area contributed by atoms with Crippen molar-refractivity contribution in [1.29, 1.82) is 0 Å². The summed E-state index contributed by atoms with van der Waals surface area (Å²) >= 11 is 0. The molecule has 0 saturated heterocycles. The minimum Gasteiger partial charge on any atom is -0.493 e. The normalized spacial score (nSPS) is 15.0. The van der Waals surface area contributed by atoms with Gasteiger partial charge in [0.2, 0.25) is 5.91 Å². The van der Waals surface area contributed by atoms with Crippen molar-refractivity contribution in [2.24, 2.45) is 11.3 Å². The second-order valence-corrected chi connectivity index (χ2v) is 9.02. The number of carbonyl (C=O) groups excluding carboxylic acids is 2. The summed E-state index contributed by atoms with van der Waals surface area (Å²) in [5, 5.41) is 2.90. The van der Waals surface area contributed by atoms with E-state index in [1.54, 1.807) is 37.4 Å². The zero-order valence-electron chi connectivity index (χ0n) is 19.7. The van der Waals surface area contributed by atoms with Crippen molar-refractivity contribution in [2.45, 2.75) is 34.1 Å². The molecule has 172 valence electrons. The minimum atomic E-state index is -0.640. The molecule has 0 saturated carbocycles. The first-order valence-corrected chi connectivity index (χ1v) is 10.8. The molecule has 1 aliphatic rings. The molecular formula is C25H32N2O5. The highest BCUT2D eigenvalue weighted by Crippen LogP contribution is 2.38. The second-order valence-electron chi connectivity index (χ2n) is 9.02. The number of carbonyl (C=O) groups is 2. The van der Waals surface area contributed by atoms with Crippen LogP contribution in [0.3, 0.4) is 0 Å². The van der Waals surface area contributed by atoms with Crippen LogP contribution < -0.4 is 24.4 Å². The molecule has 0 aromatic heterocycles. The second kappa shape index (κ2) is 9.51. The molecule has 0 radical (unpaired) electrons. The van der Waals surface area contributed by atoms with Gasteiger partial charge in [-0.25, -0.2) is 0 Å². The van der Waals surface area contributed by atoms with Crippen LogP contribution in [0.2, 0.25) is 0 Å². The quantitative estimate of drug-likeness (QED) is 0.672. The molecule has 0 unspecified atom stereocenters. The summed E-state index contributed by atoms with van der Waals surface area (Å²) in [4.78, 5) is 27.8. The summed E-state index contributed by atoms with van der Waals surface area (Å²) in [5.74, 6) is 1.84. The van der Waals surface area contributed by atoms with Crippen molar-refractivity contribution in [3.8, 4) is 17.2 Å². The van der Waals surface area contributed by atoms with Crippen molar-refractivity contribution in [1.82, 2.24) is 0 Å². The predicted octanol–water partition coefficient (Wildman–Crippen LogP) is 4.75. The van der Waals surface area contributed by atoms with Crippen LogP contribution in [-0.4, -0.2) is 39.2 Å². The maximum Gasteiger partial charge on any atom is 0.255 e. The van der Waals surface area contributed by atoms with Crippen LogP contribution in [0.15, 0.2) is 36.4 Å². The smallest absolute Gasteiger partial charge is 0.255 e. The summed E-state index contributed by atoms with van der Waals surface area (Å²) < 4.78 is 16.5. The third-order valence-electron chi connectivity index (χ3n) is 5.50. The minimum absolute atomic E-state index is 0.0408. The third kappa shape index (κ3) is 4.98. The topological polar surface area (TPSA) is 77.1 Å². The number of nitrogens with one attached hydrogen (secondary N) is 1. The van der Waals surface area contributed by atoms with Gasteiger partial charge in [-0.15, -0.1) is 0 Å².